The van der Waals surface area contributed by atoms with Crippen LogP contribution < -0.4 is 0 Å². The van der Waals surface area contributed by atoms with Crippen molar-refractivity contribution in [3.8, 4) is 0 Å². The Labute approximate surface area is 76.6 Å². The maximum Gasteiger partial charge on any atom is 0.310 e. The van der Waals surface area contributed by atoms with Gasteiger partial charge >= 0.3 is 5.97 Å². The van der Waals surface area contributed by atoms with Crippen LogP contribution in [0.2, 0.25) is 0 Å². The molecule has 2 nitrogen and oxygen atoms in total. The summed E-state index contributed by atoms with van der Waals surface area (Å²) < 4.78 is 0. The summed E-state index contributed by atoms with van der Waals surface area (Å²) in [5, 5.41) is 8.69. The van der Waals surface area contributed by atoms with Gasteiger partial charge in [0.2, 0.25) is 0 Å². The van der Waals surface area contributed by atoms with E-state index in [0.29, 0.717) is 0 Å². The summed E-state index contributed by atoms with van der Waals surface area (Å²) in [7, 11) is 0. The van der Waals surface area contributed by atoms with E-state index in [1.54, 1.807) is 31.2 Å². The second-order valence-corrected chi connectivity index (χ2v) is 3.17. The lowest BCUT2D eigenvalue weighted by Crippen LogP contribution is -2.06. The fourth-order valence-electron chi connectivity index (χ4n) is 0.906. The lowest BCUT2D eigenvalue weighted by Gasteiger charge is -2.05. The lowest BCUT2D eigenvalue weighted by molar-refractivity contribution is -0.138. The molecule has 1 unspecified atom stereocenters. The van der Waals surface area contributed by atoms with E-state index >= 15 is 0 Å². The molecular weight excluding hydrogens is 172 g/mol. The number of carbonyl (C=O) groups is 1. The average Bonchev–Trinajstić information content (AvgIpc) is 2.04. The standard InChI is InChI=1S/C9H10O2S/c1-6(9(10)11)7-2-4-8(12)5-3-7/h2-6,12H,1H3,(H,10,11). The minimum absolute atomic E-state index is 0.445. The number of hydrogen-bond donors (Lipinski definition) is 2. The summed E-state index contributed by atoms with van der Waals surface area (Å²) in [5.74, 6) is -1.25. The molecule has 0 heterocycles. The maximum atomic E-state index is 10.6. The van der Waals surface area contributed by atoms with Gasteiger partial charge in [0.1, 0.15) is 0 Å². The van der Waals surface area contributed by atoms with Gasteiger partial charge in [-0.3, -0.25) is 4.79 Å². The second kappa shape index (κ2) is 3.63. The number of hydrogen-bond acceptors (Lipinski definition) is 2. The molecule has 0 radical (unpaired) electrons. The van der Waals surface area contributed by atoms with Crippen LogP contribution in [-0.2, 0) is 4.79 Å². The Morgan fingerprint density at radius 3 is 2.33 bits per heavy atom. The first-order valence-electron chi connectivity index (χ1n) is 3.63. The van der Waals surface area contributed by atoms with Gasteiger partial charge in [0.05, 0.1) is 5.92 Å². The van der Waals surface area contributed by atoms with Crippen LogP contribution in [0.3, 0.4) is 0 Å². The molecule has 1 N–H and O–H groups in total. The molecular formula is C9H10O2S. The Bertz CT molecular complexity index is 279. The van der Waals surface area contributed by atoms with Gasteiger partial charge in [-0.1, -0.05) is 12.1 Å². The zero-order chi connectivity index (χ0) is 9.14. The van der Waals surface area contributed by atoms with Crippen LogP contribution in [0.1, 0.15) is 18.4 Å². The van der Waals surface area contributed by atoms with E-state index in [2.05, 4.69) is 12.6 Å². The summed E-state index contributed by atoms with van der Waals surface area (Å²) in [4.78, 5) is 11.4. The zero-order valence-corrected chi connectivity index (χ0v) is 7.58. The summed E-state index contributed by atoms with van der Waals surface area (Å²) in [5.41, 5.74) is 0.806. The third-order valence-corrected chi connectivity index (χ3v) is 2.06. The largest absolute Gasteiger partial charge is 0.481 e. The lowest BCUT2D eigenvalue weighted by atomic mass is 10.0. The first kappa shape index (κ1) is 9.13. The topological polar surface area (TPSA) is 37.3 Å². The summed E-state index contributed by atoms with van der Waals surface area (Å²) in [6.45, 7) is 1.66. The number of carboxylic acids is 1. The van der Waals surface area contributed by atoms with E-state index in [-0.39, 0.29) is 0 Å². The van der Waals surface area contributed by atoms with E-state index < -0.39 is 11.9 Å². The van der Waals surface area contributed by atoms with Crippen molar-refractivity contribution in [3.05, 3.63) is 29.8 Å². The Kier molecular flexibility index (Phi) is 2.76. The molecule has 1 atom stereocenters. The van der Waals surface area contributed by atoms with Crippen LogP contribution in [0.5, 0.6) is 0 Å². The number of carboxylic acid groups (broad SMARTS) is 1. The van der Waals surface area contributed by atoms with Gasteiger partial charge in [-0.2, -0.15) is 0 Å². The molecule has 0 fully saturated rings. The molecule has 0 aliphatic rings. The average molecular weight is 182 g/mol. The number of benzene rings is 1. The van der Waals surface area contributed by atoms with E-state index in [0.717, 1.165) is 10.5 Å². The van der Waals surface area contributed by atoms with Crippen molar-refractivity contribution in [1.82, 2.24) is 0 Å². The molecule has 0 aliphatic carbocycles. The van der Waals surface area contributed by atoms with Crippen LogP contribution in [-0.4, -0.2) is 11.1 Å². The van der Waals surface area contributed by atoms with Gasteiger partial charge in [0, 0.05) is 4.90 Å². The molecule has 12 heavy (non-hydrogen) atoms. The fourth-order valence-corrected chi connectivity index (χ4v) is 1.05. The SMILES string of the molecule is CC(C(=O)O)c1ccc(S)cc1. The van der Waals surface area contributed by atoms with Crippen molar-refractivity contribution in [2.24, 2.45) is 0 Å². The Morgan fingerprint density at radius 1 is 1.42 bits per heavy atom. The highest BCUT2D eigenvalue weighted by Crippen LogP contribution is 2.16. The number of thiol groups is 1. The van der Waals surface area contributed by atoms with Gasteiger partial charge in [0.15, 0.2) is 0 Å². The van der Waals surface area contributed by atoms with Crippen LogP contribution in [0.25, 0.3) is 0 Å². The summed E-state index contributed by atoms with van der Waals surface area (Å²) in [6.07, 6.45) is 0. The van der Waals surface area contributed by atoms with Crippen molar-refractivity contribution < 1.29 is 9.90 Å². The zero-order valence-electron chi connectivity index (χ0n) is 6.69. The molecule has 0 spiro atoms. The van der Waals surface area contributed by atoms with Crippen molar-refractivity contribution >= 4 is 18.6 Å². The predicted molar refractivity (Wildman–Crippen MR) is 49.7 cm³/mol. The van der Waals surface area contributed by atoms with Gasteiger partial charge in [-0.05, 0) is 24.6 Å². The predicted octanol–water partition coefficient (Wildman–Crippen LogP) is 2.16. The molecule has 0 bridgehead atoms. The first-order valence-corrected chi connectivity index (χ1v) is 4.07. The Balaban J connectivity index is 2.89. The van der Waals surface area contributed by atoms with Crippen LogP contribution >= 0.6 is 12.6 Å². The van der Waals surface area contributed by atoms with E-state index in [9.17, 15) is 4.79 Å². The van der Waals surface area contributed by atoms with Crippen molar-refractivity contribution in [1.29, 1.82) is 0 Å². The molecule has 0 amide bonds. The molecule has 1 rings (SSSR count). The third-order valence-electron chi connectivity index (χ3n) is 1.76. The van der Waals surface area contributed by atoms with Crippen molar-refractivity contribution in [2.75, 3.05) is 0 Å². The summed E-state index contributed by atoms with van der Waals surface area (Å²) in [6, 6.07) is 7.14. The third kappa shape index (κ3) is 2.01. The van der Waals surface area contributed by atoms with E-state index in [1.165, 1.54) is 0 Å². The van der Waals surface area contributed by atoms with Crippen LogP contribution in [0.4, 0.5) is 0 Å². The molecule has 1 aromatic rings. The molecule has 1 aromatic carbocycles. The number of aliphatic carboxylic acids is 1. The second-order valence-electron chi connectivity index (χ2n) is 2.65. The molecule has 0 aliphatic heterocycles. The minimum atomic E-state index is -0.804. The van der Waals surface area contributed by atoms with E-state index in [4.69, 9.17) is 5.11 Å². The smallest absolute Gasteiger partial charge is 0.310 e. The van der Waals surface area contributed by atoms with E-state index in [1.807, 2.05) is 0 Å². The highest BCUT2D eigenvalue weighted by Gasteiger charge is 2.12. The summed E-state index contributed by atoms with van der Waals surface area (Å²) >= 11 is 4.10. The minimum Gasteiger partial charge on any atom is -0.481 e. The fraction of sp³-hybridized carbons (Fsp3) is 0.222. The van der Waals surface area contributed by atoms with Gasteiger partial charge in [-0.25, -0.2) is 0 Å². The maximum absolute atomic E-state index is 10.6. The Hall–Kier alpha value is -0.960. The highest BCUT2D eigenvalue weighted by atomic mass is 32.1. The van der Waals surface area contributed by atoms with Crippen LogP contribution in [0, 0.1) is 0 Å². The quantitative estimate of drug-likeness (QED) is 0.688. The molecule has 64 valence electrons. The highest BCUT2D eigenvalue weighted by molar-refractivity contribution is 7.80. The molecule has 0 saturated carbocycles. The molecule has 0 saturated heterocycles. The Morgan fingerprint density at radius 2 is 1.92 bits per heavy atom. The normalized spacial score (nSPS) is 12.5. The van der Waals surface area contributed by atoms with Gasteiger partial charge < -0.3 is 5.11 Å². The molecule has 3 heteroatoms. The van der Waals surface area contributed by atoms with Crippen molar-refractivity contribution in [3.63, 3.8) is 0 Å². The first-order chi connectivity index (χ1) is 5.61. The van der Waals surface area contributed by atoms with Gasteiger partial charge in [0.25, 0.3) is 0 Å². The monoisotopic (exact) mass is 182 g/mol. The van der Waals surface area contributed by atoms with Crippen LogP contribution in [0.15, 0.2) is 29.2 Å². The van der Waals surface area contributed by atoms with Gasteiger partial charge in [-0.15, -0.1) is 12.6 Å². The number of rotatable bonds is 2. The molecule has 0 aromatic heterocycles. The van der Waals surface area contributed by atoms with Crippen molar-refractivity contribution in [2.45, 2.75) is 17.7 Å².